The van der Waals surface area contributed by atoms with Crippen molar-refractivity contribution in [3.05, 3.63) is 54.7 Å². The van der Waals surface area contributed by atoms with E-state index in [2.05, 4.69) is 11.6 Å². The molecule has 5 nitrogen and oxygen atoms in total. The summed E-state index contributed by atoms with van der Waals surface area (Å²) < 4.78 is 11.6. The van der Waals surface area contributed by atoms with Crippen molar-refractivity contribution in [2.75, 3.05) is 26.4 Å². The predicted octanol–water partition coefficient (Wildman–Crippen LogP) is 3.06. The van der Waals surface area contributed by atoms with Crippen LogP contribution in [0.1, 0.15) is 23.2 Å². The van der Waals surface area contributed by atoms with Gasteiger partial charge in [-0.1, -0.05) is 12.1 Å². The molecule has 1 saturated carbocycles. The Balaban J connectivity index is 1.50. The summed E-state index contributed by atoms with van der Waals surface area (Å²) in [7, 11) is 0. The number of amides is 1. The van der Waals surface area contributed by atoms with Gasteiger partial charge < -0.3 is 14.4 Å². The summed E-state index contributed by atoms with van der Waals surface area (Å²) >= 11 is 0. The quantitative estimate of drug-likeness (QED) is 0.613. The molecule has 4 rings (SSSR count). The van der Waals surface area contributed by atoms with Gasteiger partial charge in [-0.25, -0.2) is 0 Å². The fourth-order valence-corrected chi connectivity index (χ4v) is 4.13. The minimum atomic E-state index is 0.0849. The zero-order valence-electron chi connectivity index (χ0n) is 14.8. The molecule has 1 aromatic heterocycles. The summed E-state index contributed by atoms with van der Waals surface area (Å²) in [5, 5.41) is 0.991. The highest BCUT2D eigenvalue weighted by Crippen LogP contribution is 2.35. The van der Waals surface area contributed by atoms with Crippen molar-refractivity contribution in [1.82, 2.24) is 9.88 Å². The van der Waals surface area contributed by atoms with Crippen molar-refractivity contribution < 1.29 is 14.3 Å². The summed E-state index contributed by atoms with van der Waals surface area (Å²) in [5.74, 6) is 0.515. The fraction of sp³-hybridized carbons (Fsp3) is 0.429. The number of nitrogens with zero attached hydrogens (tertiary/aromatic N) is 2. The van der Waals surface area contributed by atoms with Crippen LogP contribution in [-0.4, -0.2) is 54.3 Å². The molecular weight excluding hydrogens is 328 g/mol. The number of hydrogen-bond donors (Lipinski definition) is 0. The van der Waals surface area contributed by atoms with Crippen LogP contribution in [0.15, 0.2) is 49.2 Å². The molecule has 1 saturated heterocycles. The van der Waals surface area contributed by atoms with Gasteiger partial charge in [0.05, 0.1) is 30.9 Å². The molecule has 0 spiro atoms. The van der Waals surface area contributed by atoms with E-state index < -0.39 is 0 Å². The van der Waals surface area contributed by atoms with E-state index in [1.54, 1.807) is 12.3 Å². The number of carbonyl (C=O) groups is 1. The van der Waals surface area contributed by atoms with Crippen LogP contribution >= 0.6 is 0 Å². The van der Waals surface area contributed by atoms with Gasteiger partial charge in [0.25, 0.3) is 5.91 Å². The lowest BCUT2D eigenvalue weighted by atomic mass is 10.1. The van der Waals surface area contributed by atoms with Gasteiger partial charge in [0.1, 0.15) is 0 Å². The lowest BCUT2D eigenvalue weighted by Gasteiger charge is -2.37. The molecule has 2 heterocycles. The van der Waals surface area contributed by atoms with Crippen LogP contribution in [0, 0.1) is 5.92 Å². The maximum Gasteiger partial charge on any atom is 0.254 e. The van der Waals surface area contributed by atoms with Gasteiger partial charge >= 0.3 is 0 Å². The van der Waals surface area contributed by atoms with E-state index in [0.717, 1.165) is 29.3 Å². The van der Waals surface area contributed by atoms with E-state index in [9.17, 15) is 4.79 Å². The molecule has 1 amide bonds. The summed E-state index contributed by atoms with van der Waals surface area (Å²) in [5.41, 5.74) is 1.63. The summed E-state index contributed by atoms with van der Waals surface area (Å²) in [6.07, 6.45) is 5.54. The van der Waals surface area contributed by atoms with Crippen LogP contribution in [0.5, 0.6) is 0 Å². The van der Waals surface area contributed by atoms with E-state index in [4.69, 9.17) is 9.47 Å². The zero-order chi connectivity index (χ0) is 17.9. The van der Waals surface area contributed by atoms with Crippen LogP contribution in [0.25, 0.3) is 10.9 Å². The number of hydrogen-bond acceptors (Lipinski definition) is 4. The standard InChI is InChI=1S/C21H24N2O3/c1-2-9-25-14-15-11-19-20(12-15)26-10-8-23(19)21(24)17-5-6-18-16(13-17)4-3-7-22-18/h2-7,13,15,19-20H,1,8-12,14H2/t15-,19-,20-/m0/s1. The molecule has 2 fully saturated rings. The number of morpholine rings is 1. The average molecular weight is 352 g/mol. The number of benzene rings is 1. The van der Waals surface area contributed by atoms with Gasteiger partial charge in [0, 0.05) is 30.3 Å². The summed E-state index contributed by atoms with van der Waals surface area (Å²) in [6.45, 7) is 6.19. The number of aromatic nitrogens is 1. The molecule has 0 unspecified atom stereocenters. The first-order valence-electron chi connectivity index (χ1n) is 9.22. The van der Waals surface area contributed by atoms with Crippen LogP contribution in [0.4, 0.5) is 0 Å². The first-order chi connectivity index (χ1) is 12.8. The maximum absolute atomic E-state index is 13.2. The van der Waals surface area contributed by atoms with Crippen molar-refractivity contribution in [1.29, 1.82) is 0 Å². The SMILES string of the molecule is C=CCOC[C@@H]1C[C@@H]2OCCN(C(=O)c3ccc4ncccc4c3)[C@H]2C1. The molecule has 1 aliphatic heterocycles. The molecule has 0 bridgehead atoms. The molecule has 26 heavy (non-hydrogen) atoms. The highest BCUT2D eigenvalue weighted by molar-refractivity contribution is 5.98. The van der Waals surface area contributed by atoms with Gasteiger partial charge in [0.2, 0.25) is 0 Å². The second-order valence-corrected chi connectivity index (χ2v) is 7.05. The highest BCUT2D eigenvalue weighted by Gasteiger charge is 2.43. The average Bonchev–Trinajstić information content (AvgIpc) is 3.10. The van der Waals surface area contributed by atoms with Gasteiger partial charge in [-0.05, 0) is 43.0 Å². The molecule has 1 aliphatic carbocycles. The van der Waals surface area contributed by atoms with Crippen LogP contribution in [-0.2, 0) is 9.47 Å². The van der Waals surface area contributed by atoms with Gasteiger partial charge in [-0.15, -0.1) is 6.58 Å². The number of pyridine rings is 1. The van der Waals surface area contributed by atoms with Crippen molar-refractivity contribution in [3.8, 4) is 0 Å². The minimum Gasteiger partial charge on any atom is -0.377 e. The normalized spacial score (nSPS) is 25.2. The second-order valence-electron chi connectivity index (χ2n) is 7.05. The van der Waals surface area contributed by atoms with E-state index in [0.29, 0.717) is 32.3 Å². The second kappa shape index (κ2) is 7.56. The Bertz CT molecular complexity index is 807. The molecule has 2 aliphatic rings. The van der Waals surface area contributed by atoms with Crippen LogP contribution < -0.4 is 0 Å². The van der Waals surface area contributed by atoms with Gasteiger partial charge in [0.15, 0.2) is 0 Å². The topological polar surface area (TPSA) is 51.7 Å². The molecule has 1 aromatic carbocycles. The van der Waals surface area contributed by atoms with E-state index in [-0.39, 0.29) is 18.1 Å². The van der Waals surface area contributed by atoms with Crippen molar-refractivity contribution in [3.63, 3.8) is 0 Å². The molecule has 2 aromatic rings. The van der Waals surface area contributed by atoms with Crippen molar-refractivity contribution in [2.24, 2.45) is 5.92 Å². The fourth-order valence-electron chi connectivity index (χ4n) is 4.13. The largest absolute Gasteiger partial charge is 0.377 e. The Morgan fingerprint density at radius 1 is 1.38 bits per heavy atom. The van der Waals surface area contributed by atoms with Crippen LogP contribution in [0.3, 0.4) is 0 Å². The molecule has 5 heteroatoms. The Hall–Kier alpha value is -2.24. The third-order valence-electron chi connectivity index (χ3n) is 5.33. The third kappa shape index (κ3) is 3.37. The number of rotatable bonds is 5. The Kier molecular flexibility index (Phi) is 5.00. The molecule has 0 N–H and O–H groups in total. The first-order valence-corrected chi connectivity index (χ1v) is 9.22. The number of carbonyl (C=O) groups excluding carboxylic acids is 1. The van der Waals surface area contributed by atoms with E-state index in [1.807, 2.05) is 35.2 Å². The smallest absolute Gasteiger partial charge is 0.254 e. The van der Waals surface area contributed by atoms with E-state index >= 15 is 0 Å². The van der Waals surface area contributed by atoms with Gasteiger partial charge in [-0.2, -0.15) is 0 Å². The molecule has 0 radical (unpaired) electrons. The summed E-state index contributed by atoms with van der Waals surface area (Å²) in [6, 6.07) is 9.76. The third-order valence-corrected chi connectivity index (χ3v) is 5.33. The number of ether oxygens (including phenoxy) is 2. The molecular formula is C21H24N2O3. The van der Waals surface area contributed by atoms with Gasteiger partial charge in [-0.3, -0.25) is 9.78 Å². The van der Waals surface area contributed by atoms with Crippen molar-refractivity contribution >= 4 is 16.8 Å². The predicted molar refractivity (Wildman–Crippen MR) is 100 cm³/mol. The lowest BCUT2D eigenvalue weighted by Crippen LogP contribution is -2.51. The Morgan fingerprint density at radius 2 is 2.31 bits per heavy atom. The zero-order valence-corrected chi connectivity index (χ0v) is 14.8. The number of fused-ring (bicyclic) bond motifs is 2. The Labute approximate surface area is 153 Å². The highest BCUT2D eigenvalue weighted by atomic mass is 16.5. The molecule has 136 valence electrons. The minimum absolute atomic E-state index is 0.0849. The monoisotopic (exact) mass is 352 g/mol. The van der Waals surface area contributed by atoms with E-state index in [1.165, 1.54) is 0 Å². The van der Waals surface area contributed by atoms with Crippen LogP contribution in [0.2, 0.25) is 0 Å². The summed E-state index contributed by atoms with van der Waals surface area (Å²) in [4.78, 5) is 19.5. The maximum atomic E-state index is 13.2. The van der Waals surface area contributed by atoms with Crippen molar-refractivity contribution in [2.45, 2.75) is 25.0 Å². The first kappa shape index (κ1) is 17.2. The lowest BCUT2D eigenvalue weighted by molar-refractivity contribution is -0.0449. The molecule has 3 atom stereocenters. The Morgan fingerprint density at radius 3 is 3.19 bits per heavy atom.